The van der Waals surface area contributed by atoms with Crippen molar-refractivity contribution in [3.63, 3.8) is 0 Å². The van der Waals surface area contributed by atoms with E-state index in [1.54, 1.807) is 0 Å². The van der Waals surface area contributed by atoms with Crippen molar-refractivity contribution < 1.29 is 13.2 Å². The number of carbonyl (C=O) groups excluding carboxylic acids is 1. The number of nitrogens with one attached hydrogen (secondary N) is 2. The Morgan fingerprint density at radius 1 is 1.30 bits per heavy atom. The summed E-state index contributed by atoms with van der Waals surface area (Å²) in [4.78, 5) is 23.0. The molecule has 122 valence electrons. The molecule has 0 fully saturated rings. The number of carbonyl (C=O) groups is 1. The average Bonchev–Trinajstić information content (AvgIpc) is 2.47. The zero-order chi connectivity index (χ0) is 17.0. The Hall–Kier alpha value is -2.11. The first-order chi connectivity index (χ1) is 10.8. The van der Waals surface area contributed by atoms with Crippen LogP contribution in [0.5, 0.6) is 0 Å². The molecule has 2 heterocycles. The lowest BCUT2D eigenvalue weighted by Crippen LogP contribution is -2.14. The second kappa shape index (κ2) is 6.98. The quantitative estimate of drug-likeness (QED) is 0.652. The van der Waals surface area contributed by atoms with Crippen LogP contribution in [0.15, 0.2) is 34.0 Å². The summed E-state index contributed by atoms with van der Waals surface area (Å²) in [6.45, 7) is 1.60. The van der Waals surface area contributed by atoms with Gasteiger partial charge in [0.15, 0.2) is 5.03 Å². The Balaban J connectivity index is 2.16. The predicted molar refractivity (Wildman–Crippen MR) is 87.8 cm³/mol. The maximum Gasteiger partial charge on any atom is 0.255 e. The molecule has 0 bridgehead atoms. The molecule has 0 saturated carbocycles. The number of Topliss-reactive ketones (excluding diaryl/α,β-unsaturated/α-hetero) is 1. The first-order valence-corrected chi connectivity index (χ1v) is 8.61. The molecule has 0 aliphatic rings. The summed E-state index contributed by atoms with van der Waals surface area (Å²) in [5.74, 6) is 0.670. The Bertz CT molecular complexity index is 825. The molecule has 2 aromatic heterocycles. The number of sulfonamides is 1. The first-order valence-electron chi connectivity index (χ1n) is 6.27. The van der Waals surface area contributed by atoms with Crippen molar-refractivity contribution in [3.05, 3.63) is 29.0 Å². The van der Waals surface area contributed by atoms with Crippen molar-refractivity contribution >= 4 is 49.2 Å². The standard InChI is InChI=1S/C12H13BrN6O3S/c1-7(20)4-16-11-9(13)6-17-12(19-11)18-8-2-3-10(15-5-8)23(14,21)22/h2-3,5-6H,4H2,1H3,(H2,14,21,22)(H2,16,17,18,19). The number of nitrogens with zero attached hydrogens (tertiary/aromatic N) is 3. The van der Waals surface area contributed by atoms with E-state index < -0.39 is 10.0 Å². The van der Waals surface area contributed by atoms with Gasteiger partial charge in [-0.3, -0.25) is 4.79 Å². The van der Waals surface area contributed by atoms with Gasteiger partial charge in [-0.2, -0.15) is 4.98 Å². The number of primary sulfonamides is 1. The molecule has 2 rings (SSSR count). The van der Waals surface area contributed by atoms with Crippen LogP contribution in [0.25, 0.3) is 0 Å². The second-order valence-corrected chi connectivity index (χ2v) is 6.86. The Labute approximate surface area is 140 Å². The Morgan fingerprint density at radius 2 is 2.04 bits per heavy atom. The number of rotatable bonds is 6. The minimum atomic E-state index is -3.84. The second-order valence-electron chi connectivity index (χ2n) is 4.50. The summed E-state index contributed by atoms with van der Waals surface area (Å²) in [6, 6.07) is 2.76. The number of hydrogen-bond acceptors (Lipinski definition) is 8. The van der Waals surface area contributed by atoms with E-state index in [4.69, 9.17) is 5.14 Å². The van der Waals surface area contributed by atoms with Gasteiger partial charge in [-0.05, 0) is 35.0 Å². The minimum Gasteiger partial charge on any atom is -0.362 e. The molecule has 2 aromatic rings. The zero-order valence-corrected chi connectivity index (χ0v) is 14.3. The van der Waals surface area contributed by atoms with Gasteiger partial charge in [0.1, 0.15) is 11.6 Å². The fraction of sp³-hybridized carbons (Fsp3) is 0.167. The SMILES string of the molecule is CC(=O)CNc1nc(Nc2ccc(S(N)(=O)=O)nc2)ncc1Br. The molecule has 23 heavy (non-hydrogen) atoms. The van der Waals surface area contributed by atoms with Gasteiger partial charge in [-0.25, -0.2) is 23.5 Å². The van der Waals surface area contributed by atoms with Crippen LogP contribution in [0, 0.1) is 0 Å². The zero-order valence-electron chi connectivity index (χ0n) is 11.9. The highest BCUT2D eigenvalue weighted by Gasteiger charge is 2.10. The van der Waals surface area contributed by atoms with E-state index in [0.717, 1.165) is 0 Å². The summed E-state index contributed by atoms with van der Waals surface area (Å²) in [6.07, 6.45) is 2.82. The maximum absolute atomic E-state index is 11.1. The number of hydrogen-bond donors (Lipinski definition) is 3. The van der Waals surface area contributed by atoms with Gasteiger partial charge in [0.25, 0.3) is 10.0 Å². The van der Waals surface area contributed by atoms with E-state index in [0.29, 0.717) is 16.0 Å². The van der Waals surface area contributed by atoms with Crippen LogP contribution in [0.2, 0.25) is 0 Å². The van der Waals surface area contributed by atoms with Gasteiger partial charge >= 0.3 is 0 Å². The fourth-order valence-electron chi connectivity index (χ4n) is 1.51. The van der Waals surface area contributed by atoms with Crippen molar-refractivity contribution in [2.45, 2.75) is 11.9 Å². The number of nitrogens with two attached hydrogens (primary N) is 1. The number of anilines is 3. The van der Waals surface area contributed by atoms with Gasteiger partial charge in [-0.1, -0.05) is 0 Å². The third-order valence-corrected chi connectivity index (χ3v) is 3.94. The highest BCUT2D eigenvalue weighted by atomic mass is 79.9. The fourth-order valence-corrected chi connectivity index (χ4v) is 2.30. The molecular weight excluding hydrogens is 388 g/mol. The Kier molecular flexibility index (Phi) is 5.23. The van der Waals surface area contributed by atoms with Gasteiger partial charge in [-0.15, -0.1) is 0 Å². The third kappa shape index (κ3) is 4.94. The van der Waals surface area contributed by atoms with Crippen molar-refractivity contribution in [2.24, 2.45) is 5.14 Å². The largest absolute Gasteiger partial charge is 0.362 e. The summed E-state index contributed by atoms with van der Waals surface area (Å²) in [5.41, 5.74) is 0.484. The van der Waals surface area contributed by atoms with Crippen LogP contribution >= 0.6 is 15.9 Å². The lowest BCUT2D eigenvalue weighted by atomic mass is 10.4. The molecule has 0 radical (unpaired) electrons. The molecule has 0 aromatic carbocycles. The van der Waals surface area contributed by atoms with E-state index in [1.807, 2.05) is 0 Å². The normalized spacial score (nSPS) is 11.1. The van der Waals surface area contributed by atoms with Crippen molar-refractivity contribution in [2.75, 3.05) is 17.2 Å². The van der Waals surface area contributed by atoms with Crippen LogP contribution in [-0.4, -0.2) is 35.7 Å². The van der Waals surface area contributed by atoms with E-state index in [1.165, 1.54) is 31.5 Å². The molecule has 0 aliphatic heterocycles. The lowest BCUT2D eigenvalue weighted by Gasteiger charge is -2.09. The first kappa shape index (κ1) is 17.2. The molecule has 0 saturated heterocycles. The van der Waals surface area contributed by atoms with Crippen LogP contribution in [0.3, 0.4) is 0 Å². The maximum atomic E-state index is 11.1. The lowest BCUT2D eigenvalue weighted by molar-refractivity contribution is -0.115. The summed E-state index contributed by atoms with van der Waals surface area (Å²) < 4.78 is 22.9. The highest BCUT2D eigenvalue weighted by molar-refractivity contribution is 9.10. The minimum absolute atomic E-state index is 0.0344. The number of pyridine rings is 1. The monoisotopic (exact) mass is 400 g/mol. The van der Waals surface area contributed by atoms with Crippen molar-refractivity contribution in [1.82, 2.24) is 15.0 Å². The van der Waals surface area contributed by atoms with E-state index in [2.05, 4.69) is 41.5 Å². The molecule has 4 N–H and O–H groups in total. The molecule has 0 unspecified atom stereocenters. The smallest absolute Gasteiger partial charge is 0.255 e. The highest BCUT2D eigenvalue weighted by Crippen LogP contribution is 2.21. The van der Waals surface area contributed by atoms with Crippen LogP contribution < -0.4 is 15.8 Å². The summed E-state index contributed by atoms with van der Waals surface area (Å²) in [7, 11) is -3.84. The molecule has 0 spiro atoms. The number of ketones is 1. The van der Waals surface area contributed by atoms with E-state index >= 15 is 0 Å². The Morgan fingerprint density at radius 3 is 2.61 bits per heavy atom. The van der Waals surface area contributed by atoms with Gasteiger partial charge < -0.3 is 10.6 Å². The molecule has 9 nitrogen and oxygen atoms in total. The molecular formula is C12H13BrN6O3S. The predicted octanol–water partition coefficient (Wildman–Crippen LogP) is 1.03. The molecule has 11 heteroatoms. The van der Waals surface area contributed by atoms with Gasteiger partial charge in [0.2, 0.25) is 5.95 Å². The number of halogens is 1. The average molecular weight is 401 g/mol. The van der Waals surface area contributed by atoms with Crippen LogP contribution in [-0.2, 0) is 14.8 Å². The summed E-state index contributed by atoms with van der Waals surface area (Å²) >= 11 is 3.28. The van der Waals surface area contributed by atoms with Gasteiger partial charge in [0, 0.05) is 6.20 Å². The molecule has 0 atom stereocenters. The molecule has 0 amide bonds. The van der Waals surface area contributed by atoms with E-state index in [-0.39, 0.29) is 23.3 Å². The van der Waals surface area contributed by atoms with Crippen molar-refractivity contribution in [1.29, 1.82) is 0 Å². The number of aromatic nitrogens is 3. The van der Waals surface area contributed by atoms with E-state index in [9.17, 15) is 13.2 Å². The van der Waals surface area contributed by atoms with Crippen LogP contribution in [0.1, 0.15) is 6.92 Å². The summed E-state index contributed by atoms with van der Waals surface area (Å²) in [5, 5.41) is 10.5. The van der Waals surface area contributed by atoms with Gasteiger partial charge in [0.05, 0.1) is 22.9 Å². The van der Waals surface area contributed by atoms with Crippen molar-refractivity contribution in [3.8, 4) is 0 Å². The third-order valence-electron chi connectivity index (χ3n) is 2.53. The topological polar surface area (TPSA) is 140 Å². The molecule has 0 aliphatic carbocycles. The van der Waals surface area contributed by atoms with Crippen LogP contribution in [0.4, 0.5) is 17.5 Å².